The van der Waals surface area contributed by atoms with Gasteiger partial charge in [-0.15, -0.1) is 5.10 Å². The Hall–Kier alpha value is -1.32. The summed E-state index contributed by atoms with van der Waals surface area (Å²) in [4.78, 5) is 11.5. The van der Waals surface area contributed by atoms with Gasteiger partial charge in [0.1, 0.15) is 6.54 Å². The molecule has 0 radical (unpaired) electrons. The molecule has 0 saturated heterocycles. The second kappa shape index (κ2) is 5.35. The number of aromatic nitrogens is 4. The van der Waals surface area contributed by atoms with Gasteiger partial charge >= 0.3 is 6.18 Å². The van der Waals surface area contributed by atoms with Crippen LogP contribution in [-0.4, -0.2) is 44.1 Å². The summed E-state index contributed by atoms with van der Waals surface area (Å²) in [6, 6.07) is 0.253. The first kappa shape index (κ1) is 14.1. The van der Waals surface area contributed by atoms with Crippen LogP contribution in [0.3, 0.4) is 0 Å². The summed E-state index contributed by atoms with van der Waals surface area (Å²) in [7, 11) is 0. The summed E-state index contributed by atoms with van der Waals surface area (Å²) < 4.78 is 37.5. The van der Waals surface area contributed by atoms with E-state index in [-0.39, 0.29) is 6.04 Å². The maximum atomic E-state index is 12.0. The number of rotatable bonds is 5. The second-order valence-corrected chi connectivity index (χ2v) is 5.54. The molecule has 1 amide bonds. The summed E-state index contributed by atoms with van der Waals surface area (Å²) in [5, 5.41) is 12.7. The molecule has 1 atom stereocenters. The van der Waals surface area contributed by atoms with Gasteiger partial charge in [-0.1, -0.05) is 11.8 Å². The molecule has 6 nitrogen and oxygen atoms in total. The van der Waals surface area contributed by atoms with Crippen LogP contribution in [-0.2, 0) is 4.79 Å². The molecule has 1 aromatic heterocycles. The smallest absolute Gasteiger partial charge is 0.346 e. The summed E-state index contributed by atoms with van der Waals surface area (Å²) in [5.74, 6) is -0.687. The zero-order valence-corrected chi connectivity index (χ0v) is 10.8. The Kier molecular flexibility index (Phi) is 3.97. The van der Waals surface area contributed by atoms with E-state index in [1.54, 1.807) is 4.68 Å². The van der Waals surface area contributed by atoms with Crippen LogP contribution in [0.4, 0.5) is 13.2 Å². The first-order chi connectivity index (χ1) is 8.87. The summed E-state index contributed by atoms with van der Waals surface area (Å²) in [5.41, 5.74) is 0. The summed E-state index contributed by atoms with van der Waals surface area (Å²) in [6.45, 7) is 0.187. The van der Waals surface area contributed by atoms with E-state index < -0.39 is 23.9 Å². The van der Waals surface area contributed by atoms with Crippen molar-refractivity contribution in [2.75, 3.05) is 6.54 Å². The molecule has 19 heavy (non-hydrogen) atoms. The molecule has 1 aliphatic rings. The number of tetrazole rings is 1. The number of nitrogens with zero attached hydrogens (tertiary/aromatic N) is 4. The van der Waals surface area contributed by atoms with E-state index >= 15 is 0 Å². The van der Waals surface area contributed by atoms with E-state index in [0.29, 0.717) is 5.16 Å². The van der Waals surface area contributed by atoms with Gasteiger partial charge in [0, 0.05) is 0 Å². The van der Waals surface area contributed by atoms with Crippen molar-refractivity contribution in [3.8, 4) is 0 Å². The largest absolute Gasteiger partial charge is 0.405 e. The van der Waals surface area contributed by atoms with Crippen molar-refractivity contribution in [1.29, 1.82) is 0 Å². The minimum absolute atomic E-state index is 0.253. The zero-order valence-electron chi connectivity index (χ0n) is 10.0. The molecule has 1 N–H and O–H groups in total. The van der Waals surface area contributed by atoms with E-state index in [4.69, 9.17) is 0 Å². The predicted molar refractivity (Wildman–Crippen MR) is 60.5 cm³/mol. The van der Waals surface area contributed by atoms with Crippen LogP contribution in [0, 0.1) is 0 Å². The minimum atomic E-state index is -4.41. The van der Waals surface area contributed by atoms with Crippen molar-refractivity contribution in [3.05, 3.63) is 0 Å². The third-order valence-electron chi connectivity index (χ3n) is 2.47. The Balaban J connectivity index is 1.87. The Morgan fingerprint density at radius 2 is 2.26 bits per heavy atom. The van der Waals surface area contributed by atoms with Crippen LogP contribution in [0.5, 0.6) is 0 Å². The number of hydrogen-bond donors (Lipinski definition) is 1. The van der Waals surface area contributed by atoms with E-state index in [0.717, 1.165) is 24.6 Å². The monoisotopic (exact) mass is 295 g/mol. The lowest BCUT2D eigenvalue weighted by molar-refractivity contribution is -0.137. The molecular formula is C9H12F3N5OS. The number of thioether (sulfide) groups is 1. The van der Waals surface area contributed by atoms with Gasteiger partial charge in [0.15, 0.2) is 0 Å². The maximum Gasteiger partial charge on any atom is 0.405 e. The van der Waals surface area contributed by atoms with Gasteiger partial charge < -0.3 is 5.32 Å². The lowest BCUT2D eigenvalue weighted by Crippen LogP contribution is -2.38. The van der Waals surface area contributed by atoms with Crippen LogP contribution in [0.25, 0.3) is 0 Å². The third-order valence-corrected chi connectivity index (χ3v) is 3.52. The van der Waals surface area contributed by atoms with Crippen LogP contribution >= 0.6 is 11.8 Å². The topological polar surface area (TPSA) is 72.7 Å². The van der Waals surface area contributed by atoms with Crippen molar-refractivity contribution in [1.82, 2.24) is 25.5 Å². The van der Waals surface area contributed by atoms with Gasteiger partial charge in [0.2, 0.25) is 11.1 Å². The first-order valence-electron chi connectivity index (χ1n) is 5.66. The Labute approximate surface area is 111 Å². The molecule has 1 fully saturated rings. The molecule has 106 valence electrons. The molecule has 1 heterocycles. The number of carbonyl (C=O) groups excluding carboxylic acids is 1. The van der Waals surface area contributed by atoms with E-state index in [9.17, 15) is 18.0 Å². The standard InChI is InChI=1S/C9H12F3N5OS/c1-5(7(18)13-4-9(10,11)12)19-8-14-15-16-17(8)6-2-3-6/h5-6H,2-4H2,1H3,(H,13,18). The summed E-state index contributed by atoms with van der Waals surface area (Å²) in [6.07, 6.45) is -2.45. The normalized spacial score (nSPS) is 17.3. The summed E-state index contributed by atoms with van der Waals surface area (Å²) >= 11 is 1.05. The minimum Gasteiger partial charge on any atom is -0.346 e. The quantitative estimate of drug-likeness (QED) is 0.825. The van der Waals surface area contributed by atoms with Crippen molar-refractivity contribution < 1.29 is 18.0 Å². The fourth-order valence-electron chi connectivity index (χ4n) is 1.35. The Morgan fingerprint density at radius 1 is 1.58 bits per heavy atom. The molecule has 1 unspecified atom stereocenters. The van der Waals surface area contributed by atoms with Crippen LogP contribution < -0.4 is 5.32 Å². The van der Waals surface area contributed by atoms with Crippen molar-refractivity contribution in [2.24, 2.45) is 0 Å². The second-order valence-electron chi connectivity index (χ2n) is 4.23. The van der Waals surface area contributed by atoms with Crippen molar-refractivity contribution in [2.45, 2.75) is 42.4 Å². The van der Waals surface area contributed by atoms with Crippen molar-refractivity contribution >= 4 is 17.7 Å². The van der Waals surface area contributed by atoms with Gasteiger partial charge in [-0.05, 0) is 30.2 Å². The highest BCUT2D eigenvalue weighted by Gasteiger charge is 2.31. The van der Waals surface area contributed by atoms with Crippen LogP contribution in [0.1, 0.15) is 25.8 Å². The van der Waals surface area contributed by atoms with E-state index in [2.05, 4.69) is 15.5 Å². The predicted octanol–water partition coefficient (Wildman–Crippen LogP) is 1.17. The van der Waals surface area contributed by atoms with Gasteiger partial charge in [-0.3, -0.25) is 4.79 Å². The molecule has 2 rings (SSSR count). The lowest BCUT2D eigenvalue weighted by atomic mass is 10.4. The molecule has 10 heteroatoms. The lowest BCUT2D eigenvalue weighted by Gasteiger charge is -2.12. The average Bonchev–Trinajstić information content (AvgIpc) is 3.06. The molecule has 0 bridgehead atoms. The highest BCUT2D eigenvalue weighted by molar-refractivity contribution is 8.00. The van der Waals surface area contributed by atoms with Gasteiger partial charge in [0.05, 0.1) is 11.3 Å². The van der Waals surface area contributed by atoms with Crippen LogP contribution in [0.15, 0.2) is 5.16 Å². The molecule has 0 aromatic carbocycles. The Bertz CT molecular complexity index is 459. The average molecular weight is 295 g/mol. The molecule has 1 aromatic rings. The van der Waals surface area contributed by atoms with Crippen molar-refractivity contribution in [3.63, 3.8) is 0 Å². The van der Waals surface area contributed by atoms with E-state index in [1.165, 1.54) is 6.92 Å². The van der Waals surface area contributed by atoms with Crippen LogP contribution in [0.2, 0.25) is 0 Å². The molecular weight excluding hydrogens is 283 g/mol. The number of nitrogens with one attached hydrogen (secondary N) is 1. The number of hydrogen-bond acceptors (Lipinski definition) is 5. The number of carbonyl (C=O) groups is 1. The SMILES string of the molecule is CC(Sc1nnnn1C1CC1)C(=O)NCC(F)(F)F. The van der Waals surface area contributed by atoms with E-state index in [1.807, 2.05) is 5.32 Å². The number of halogens is 3. The highest BCUT2D eigenvalue weighted by atomic mass is 32.2. The Morgan fingerprint density at radius 3 is 2.84 bits per heavy atom. The molecule has 1 saturated carbocycles. The van der Waals surface area contributed by atoms with Gasteiger partial charge in [-0.2, -0.15) is 13.2 Å². The fourth-order valence-corrected chi connectivity index (χ4v) is 2.24. The highest BCUT2D eigenvalue weighted by Crippen LogP contribution is 2.37. The van der Waals surface area contributed by atoms with Gasteiger partial charge in [0.25, 0.3) is 0 Å². The molecule has 1 aliphatic carbocycles. The molecule has 0 spiro atoms. The maximum absolute atomic E-state index is 12.0. The first-order valence-corrected chi connectivity index (χ1v) is 6.54. The van der Waals surface area contributed by atoms with Gasteiger partial charge in [-0.25, -0.2) is 4.68 Å². The zero-order chi connectivity index (χ0) is 14.0. The fraction of sp³-hybridized carbons (Fsp3) is 0.778. The third kappa shape index (κ3) is 4.08. The molecule has 0 aliphatic heterocycles. The number of alkyl halides is 3. The number of amides is 1.